The SMILES string of the molecule is CCC(C(=O)O)N1CCN(CC(=O)NC2CCCCC2)CC1. The fourth-order valence-electron chi connectivity index (χ4n) is 3.55. The Morgan fingerprint density at radius 2 is 1.77 bits per heavy atom. The zero-order valence-electron chi connectivity index (χ0n) is 13.6. The number of hydrogen-bond acceptors (Lipinski definition) is 4. The Labute approximate surface area is 132 Å². The minimum Gasteiger partial charge on any atom is -0.480 e. The Hall–Kier alpha value is -1.14. The van der Waals surface area contributed by atoms with Crippen molar-refractivity contribution >= 4 is 11.9 Å². The smallest absolute Gasteiger partial charge is 0.320 e. The molecule has 1 saturated carbocycles. The highest BCUT2D eigenvalue weighted by molar-refractivity contribution is 5.78. The molecule has 2 fully saturated rings. The van der Waals surface area contributed by atoms with Gasteiger partial charge in [-0.05, 0) is 19.3 Å². The highest BCUT2D eigenvalue weighted by Gasteiger charge is 2.28. The number of carbonyl (C=O) groups is 2. The first-order valence-corrected chi connectivity index (χ1v) is 8.58. The van der Waals surface area contributed by atoms with Crippen LogP contribution in [-0.2, 0) is 9.59 Å². The fraction of sp³-hybridized carbons (Fsp3) is 0.875. The maximum absolute atomic E-state index is 12.1. The van der Waals surface area contributed by atoms with Crippen molar-refractivity contribution in [2.45, 2.75) is 57.5 Å². The molecule has 6 heteroatoms. The van der Waals surface area contributed by atoms with Crippen LogP contribution in [0.5, 0.6) is 0 Å². The summed E-state index contributed by atoms with van der Waals surface area (Å²) in [6, 6.07) is -0.0303. The average Bonchev–Trinajstić information content (AvgIpc) is 2.50. The van der Waals surface area contributed by atoms with E-state index in [1.807, 2.05) is 11.8 Å². The molecule has 6 nitrogen and oxygen atoms in total. The average molecular weight is 311 g/mol. The lowest BCUT2D eigenvalue weighted by atomic mass is 9.95. The van der Waals surface area contributed by atoms with Gasteiger partial charge in [0.1, 0.15) is 6.04 Å². The minimum absolute atomic E-state index is 0.116. The van der Waals surface area contributed by atoms with Gasteiger partial charge in [-0.2, -0.15) is 0 Å². The standard InChI is InChI=1S/C16H29N3O3/c1-2-14(16(21)22)19-10-8-18(9-11-19)12-15(20)17-13-6-4-3-5-7-13/h13-14H,2-12H2,1H3,(H,17,20)(H,21,22). The van der Waals surface area contributed by atoms with E-state index in [-0.39, 0.29) is 5.91 Å². The minimum atomic E-state index is -0.744. The molecule has 22 heavy (non-hydrogen) atoms. The number of rotatable bonds is 6. The summed E-state index contributed by atoms with van der Waals surface area (Å²) in [5, 5.41) is 12.3. The first kappa shape index (κ1) is 17.2. The molecule has 2 rings (SSSR count). The number of nitrogens with zero attached hydrogens (tertiary/aromatic N) is 2. The molecular formula is C16H29N3O3. The van der Waals surface area contributed by atoms with E-state index < -0.39 is 12.0 Å². The van der Waals surface area contributed by atoms with Gasteiger partial charge in [-0.15, -0.1) is 0 Å². The Morgan fingerprint density at radius 3 is 2.32 bits per heavy atom. The van der Waals surface area contributed by atoms with Crippen molar-refractivity contribution in [2.75, 3.05) is 32.7 Å². The van der Waals surface area contributed by atoms with Gasteiger partial charge in [0, 0.05) is 32.2 Å². The number of carboxylic acids is 1. The fourth-order valence-corrected chi connectivity index (χ4v) is 3.55. The summed E-state index contributed by atoms with van der Waals surface area (Å²) in [4.78, 5) is 27.4. The third kappa shape index (κ3) is 4.95. The first-order chi connectivity index (χ1) is 10.6. The van der Waals surface area contributed by atoms with Crippen molar-refractivity contribution in [1.82, 2.24) is 15.1 Å². The Balaban J connectivity index is 1.70. The predicted octanol–water partition coefficient (Wildman–Crippen LogP) is 0.916. The van der Waals surface area contributed by atoms with Crippen LogP contribution in [0.4, 0.5) is 0 Å². The molecule has 1 aliphatic heterocycles. The van der Waals surface area contributed by atoms with Crippen molar-refractivity contribution in [2.24, 2.45) is 0 Å². The molecule has 2 aliphatic rings. The Morgan fingerprint density at radius 1 is 1.14 bits per heavy atom. The quantitative estimate of drug-likeness (QED) is 0.763. The summed E-state index contributed by atoms with van der Waals surface area (Å²) in [6.07, 6.45) is 6.56. The molecule has 0 spiro atoms. The molecule has 126 valence electrons. The zero-order chi connectivity index (χ0) is 15.9. The molecule has 0 aromatic carbocycles. The van der Waals surface area contributed by atoms with Gasteiger partial charge in [0.2, 0.25) is 5.91 Å². The van der Waals surface area contributed by atoms with Crippen molar-refractivity contribution in [3.63, 3.8) is 0 Å². The molecule has 1 aliphatic carbocycles. The maximum Gasteiger partial charge on any atom is 0.320 e. The molecule has 1 unspecified atom stereocenters. The van der Waals surface area contributed by atoms with Gasteiger partial charge in [-0.1, -0.05) is 26.2 Å². The Kier molecular flexibility index (Phi) is 6.64. The summed E-state index contributed by atoms with van der Waals surface area (Å²) in [7, 11) is 0. The molecule has 0 bridgehead atoms. The second-order valence-corrected chi connectivity index (χ2v) is 6.48. The van der Waals surface area contributed by atoms with Crippen LogP contribution in [0.1, 0.15) is 45.4 Å². The van der Waals surface area contributed by atoms with E-state index in [4.69, 9.17) is 0 Å². The summed E-state index contributed by atoms with van der Waals surface area (Å²) < 4.78 is 0. The van der Waals surface area contributed by atoms with Crippen molar-refractivity contribution in [1.29, 1.82) is 0 Å². The van der Waals surface area contributed by atoms with Gasteiger partial charge in [0.15, 0.2) is 0 Å². The molecule has 1 saturated heterocycles. The van der Waals surface area contributed by atoms with Crippen LogP contribution in [0, 0.1) is 0 Å². The van der Waals surface area contributed by atoms with E-state index >= 15 is 0 Å². The predicted molar refractivity (Wildman–Crippen MR) is 84.7 cm³/mol. The summed E-state index contributed by atoms with van der Waals surface area (Å²) in [6.45, 7) is 5.32. The van der Waals surface area contributed by atoms with Crippen LogP contribution in [0.3, 0.4) is 0 Å². The van der Waals surface area contributed by atoms with Crippen LogP contribution >= 0.6 is 0 Å². The first-order valence-electron chi connectivity index (χ1n) is 8.58. The number of hydrogen-bond donors (Lipinski definition) is 2. The van der Waals surface area contributed by atoms with Crippen molar-refractivity contribution in [3.05, 3.63) is 0 Å². The second kappa shape index (κ2) is 8.48. The van der Waals surface area contributed by atoms with Crippen LogP contribution in [-0.4, -0.2) is 71.6 Å². The van der Waals surface area contributed by atoms with Gasteiger partial charge < -0.3 is 10.4 Å². The zero-order valence-corrected chi connectivity index (χ0v) is 13.6. The lowest BCUT2D eigenvalue weighted by molar-refractivity contribution is -0.144. The number of carboxylic acid groups (broad SMARTS) is 1. The number of amides is 1. The van der Waals surface area contributed by atoms with Gasteiger partial charge in [-0.3, -0.25) is 19.4 Å². The molecule has 1 atom stereocenters. The lowest BCUT2D eigenvalue weighted by Gasteiger charge is -2.37. The van der Waals surface area contributed by atoms with Crippen LogP contribution in [0.2, 0.25) is 0 Å². The molecule has 0 radical (unpaired) electrons. The second-order valence-electron chi connectivity index (χ2n) is 6.48. The van der Waals surface area contributed by atoms with E-state index in [9.17, 15) is 14.7 Å². The third-order valence-corrected chi connectivity index (χ3v) is 4.86. The maximum atomic E-state index is 12.1. The number of nitrogens with one attached hydrogen (secondary N) is 1. The largest absolute Gasteiger partial charge is 0.480 e. The third-order valence-electron chi connectivity index (χ3n) is 4.86. The molecule has 1 heterocycles. The number of aliphatic carboxylic acids is 1. The van der Waals surface area contributed by atoms with Crippen LogP contribution in [0.25, 0.3) is 0 Å². The van der Waals surface area contributed by atoms with E-state index in [2.05, 4.69) is 10.2 Å². The molecular weight excluding hydrogens is 282 g/mol. The van der Waals surface area contributed by atoms with Crippen LogP contribution < -0.4 is 5.32 Å². The van der Waals surface area contributed by atoms with Crippen molar-refractivity contribution in [3.8, 4) is 0 Å². The van der Waals surface area contributed by atoms with Gasteiger partial charge >= 0.3 is 5.97 Å². The molecule has 0 aromatic heterocycles. The van der Waals surface area contributed by atoms with E-state index in [1.54, 1.807) is 0 Å². The van der Waals surface area contributed by atoms with E-state index in [0.717, 1.165) is 39.0 Å². The molecule has 2 N–H and O–H groups in total. The topological polar surface area (TPSA) is 72.9 Å². The van der Waals surface area contributed by atoms with E-state index in [0.29, 0.717) is 19.0 Å². The highest BCUT2D eigenvalue weighted by atomic mass is 16.4. The number of piperazine rings is 1. The molecule has 0 aromatic rings. The van der Waals surface area contributed by atoms with Crippen LogP contribution in [0.15, 0.2) is 0 Å². The number of carbonyl (C=O) groups excluding carboxylic acids is 1. The normalized spacial score (nSPS) is 23.1. The van der Waals surface area contributed by atoms with E-state index in [1.165, 1.54) is 19.3 Å². The van der Waals surface area contributed by atoms with Gasteiger partial charge in [-0.25, -0.2) is 0 Å². The Bertz CT molecular complexity index is 375. The summed E-state index contributed by atoms with van der Waals surface area (Å²) >= 11 is 0. The summed E-state index contributed by atoms with van der Waals surface area (Å²) in [5.41, 5.74) is 0. The molecule has 1 amide bonds. The lowest BCUT2D eigenvalue weighted by Crippen LogP contribution is -2.54. The monoisotopic (exact) mass is 311 g/mol. The van der Waals surface area contributed by atoms with Crippen molar-refractivity contribution < 1.29 is 14.7 Å². The highest BCUT2D eigenvalue weighted by Crippen LogP contribution is 2.17. The van der Waals surface area contributed by atoms with Gasteiger partial charge in [0.05, 0.1) is 6.54 Å². The van der Waals surface area contributed by atoms with Gasteiger partial charge in [0.25, 0.3) is 0 Å². The summed E-state index contributed by atoms with van der Waals surface area (Å²) in [5.74, 6) is -0.628.